The van der Waals surface area contributed by atoms with Crippen molar-refractivity contribution in [1.82, 2.24) is 10.3 Å². The molecule has 1 saturated carbocycles. The van der Waals surface area contributed by atoms with Crippen molar-refractivity contribution in [3.8, 4) is 0 Å². The number of hydrogen-bond acceptors (Lipinski definition) is 4. The van der Waals surface area contributed by atoms with Gasteiger partial charge in [-0.15, -0.1) is 11.3 Å². The predicted octanol–water partition coefficient (Wildman–Crippen LogP) is 1.82. The largest absolute Gasteiger partial charge is 0.375 e. The number of hydrogen-bond donors (Lipinski definition) is 2. The lowest BCUT2D eigenvalue weighted by Crippen LogP contribution is -2.38. The molecule has 4 nitrogen and oxygen atoms in total. The number of rotatable bonds is 3. The summed E-state index contributed by atoms with van der Waals surface area (Å²) in [7, 11) is 0. The van der Waals surface area contributed by atoms with Gasteiger partial charge in [0.1, 0.15) is 0 Å². The van der Waals surface area contributed by atoms with Crippen LogP contribution >= 0.6 is 11.3 Å². The maximum Gasteiger partial charge on any atom is 0.226 e. The van der Waals surface area contributed by atoms with Crippen molar-refractivity contribution < 1.29 is 4.79 Å². The molecule has 0 spiro atoms. The van der Waals surface area contributed by atoms with E-state index in [4.69, 9.17) is 5.73 Å². The first-order chi connectivity index (χ1) is 8.06. The third-order valence-corrected chi connectivity index (χ3v) is 4.45. The van der Waals surface area contributed by atoms with E-state index in [1.54, 1.807) is 0 Å². The van der Waals surface area contributed by atoms with E-state index in [2.05, 4.69) is 24.1 Å². The molecule has 3 unspecified atom stereocenters. The van der Waals surface area contributed by atoms with Gasteiger partial charge in [-0.2, -0.15) is 0 Å². The highest BCUT2D eigenvalue weighted by atomic mass is 32.1. The molecule has 0 saturated heterocycles. The van der Waals surface area contributed by atoms with Crippen molar-refractivity contribution >= 4 is 22.4 Å². The van der Waals surface area contributed by atoms with Crippen molar-refractivity contribution in [1.29, 1.82) is 0 Å². The number of anilines is 1. The summed E-state index contributed by atoms with van der Waals surface area (Å²) < 4.78 is 0. The van der Waals surface area contributed by atoms with Gasteiger partial charge in [-0.25, -0.2) is 4.98 Å². The van der Waals surface area contributed by atoms with Gasteiger partial charge in [0.2, 0.25) is 5.91 Å². The molecule has 1 aromatic heterocycles. The maximum absolute atomic E-state index is 11.8. The van der Waals surface area contributed by atoms with Crippen LogP contribution < -0.4 is 11.1 Å². The average molecular weight is 253 g/mol. The molecular formula is C12H19N3OS. The third kappa shape index (κ3) is 2.97. The fourth-order valence-electron chi connectivity index (χ4n) is 2.39. The summed E-state index contributed by atoms with van der Waals surface area (Å²) in [4.78, 5) is 15.9. The van der Waals surface area contributed by atoms with Crippen LogP contribution in [-0.2, 0) is 11.2 Å². The van der Waals surface area contributed by atoms with Crippen LogP contribution in [0.15, 0.2) is 5.38 Å². The lowest BCUT2D eigenvalue weighted by molar-refractivity contribution is -0.121. The molecule has 94 valence electrons. The molecular weight excluding hydrogens is 234 g/mol. The van der Waals surface area contributed by atoms with Crippen LogP contribution in [0.5, 0.6) is 0 Å². The van der Waals surface area contributed by atoms with E-state index >= 15 is 0 Å². The molecule has 3 atom stereocenters. The average Bonchev–Trinajstić information content (AvgIpc) is 2.79. The molecule has 5 heteroatoms. The molecule has 3 N–H and O–H groups in total. The second kappa shape index (κ2) is 5.04. The number of carbonyl (C=O) groups is 1. The van der Waals surface area contributed by atoms with Gasteiger partial charge in [0, 0.05) is 11.4 Å². The topological polar surface area (TPSA) is 68.0 Å². The quantitative estimate of drug-likeness (QED) is 0.863. The van der Waals surface area contributed by atoms with Crippen LogP contribution in [0.2, 0.25) is 0 Å². The summed E-state index contributed by atoms with van der Waals surface area (Å²) in [5, 5.41) is 5.47. The maximum atomic E-state index is 11.8. The number of nitrogens with two attached hydrogens (primary N) is 1. The Hall–Kier alpha value is -1.10. The van der Waals surface area contributed by atoms with Crippen LogP contribution in [0.3, 0.4) is 0 Å². The molecule has 0 aliphatic heterocycles. The number of amides is 1. The van der Waals surface area contributed by atoms with Gasteiger partial charge in [0.25, 0.3) is 0 Å². The summed E-state index contributed by atoms with van der Waals surface area (Å²) in [6, 6.07) is 0.327. The first kappa shape index (κ1) is 12.4. The van der Waals surface area contributed by atoms with Gasteiger partial charge in [-0.1, -0.05) is 13.8 Å². The molecule has 2 rings (SSSR count). The van der Waals surface area contributed by atoms with Crippen molar-refractivity contribution in [3.63, 3.8) is 0 Å². The first-order valence-electron chi connectivity index (χ1n) is 6.05. The van der Waals surface area contributed by atoms with Crippen LogP contribution in [0.4, 0.5) is 5.13 Å². The summed E-state index contributed by atoms with van der Waals surface area (Å²) in [6.45, 7) is 4.46. The van der Waals surface area contributed by atoms with E-state index in [1.807, 2.05) is 5.38 Å². The predicted molar refractivity (Wildman–Crippen MR) is 69.7 cm³/mol. The highest BCUT2D eigenvalue weighted by molar-refractivity contribution is 7.13. The minimum atomic E-state index is 0.0567. The highest BCUT2D eigenvalue weighted by Gasteiger charge is 2.30. The fraction of sp³-hybridized carbons (Fsp3) is 0.667. The lowest BCUT2D eigenvalue weighted by Gasteiger charge is -2.19. The minimum absolute atomic E-state index is 0.0567. The Balaban J connectivity index is 1.85. The van der Waals surface area contributed by atoms with E-state index in [0.29, 0.717) is 29.4 Å². The molecule has 0 radical (unpaired) electrons. The van der Waals surface area contributed by atoms with Crippen LogP contribution in [-0.4, -0.2) is 16.9 Å². The second-order valence-corrected chi connectivity index (χ2v) is 5.83. The molecule has 0 bridgehead atoms. The monoisotopic (exact) mass is 253 g/mol. The Kier molecular flexibility index (Phi) is 3.66. The van der Waals surface area contributed by atoms with Gasteiger partial charge in [0.15, 0.2) is 5.13 Å². The van der Waals surface area contributed by atoms with Crippen LogP contribution in [0.25, 0.3) is 0 Å². The van der Waals surface area contributed by atoms with E-state index < -0.39 is 0 Å². The van der Waals surface area contributed by atoms with Crippen molar-refractivity contribution in [2.24, 2.45) is 11.8 Å². The smallest absolute Gasteiger partial charge is 0.226 e. The molecule has 1 fully saturated rings. The Labute approximate surface area is 106 Å². The number of nitrogen functional groups attached to an aromatic ring is 1. The summed E-state index contributed by atoms with van der Waals surface area (Å²) >= 11 is 1.38. The van der Waals surface area contributed by atoms with Gasteiger partial charge in [0.05, 0.1) is 12.1 Å². The van der Waals surface area contributed by atoms with E-state index in [1.165, 1.54) is 17.8 Å². The molecule has 1 heterocycles. The number of nitrogens with one attached hydrogen (secondary N) is 1. The molecule has 1 aliphatic carbocycles. The standard InChI is InChI=1S/C12H19N3OS/c1-7-3-4-10(8(7)2)15-11(16)5-9-6-17-12(13)14-9/h6-8,10H,3-5H2,1-2H3,(H2,13,14)(H,15,16). The zero-order valence-electron chi connectivity index (χ0n) is 10.3. The van der Waals surface area contributed by atoms with Gasteiger partial charge >= 0.3 is 0 Å². The third-order valence-electron chi connectivity index (χ3n) is 3.72. The van der Waals surface area contributed by atoms with Gasteiger partial charge < -0.3 is 11.1 Å². The van der Waals surface area contributed by atoms with Crippen molar-refractivity contribution in [2.45, 2.75) is 39.2 Å². The Morgan fingerprint density at radius 2 is 2.35 bits per heavy atom. The normalized spacial score (nSPS) is 28.2. The minimum Gasteiger partial charge on any atom is -0.375 e. The molecule has 17 heavy (non-hydrogen) atoms. The summed E-state index contributed by atoms with van der Waals surface area (Å²) in [5.41, 5.74) is 6.30. The van der Waals surface area contributed by atoms with E-state index in [-0.39, 0.29) is 5.91 Å². The van der Waals surface area contributed by atoms with Crippen LogP contribution in [0.1, 0.15) is 32.4 Å². The first-order valence-corrected chi connectivity index (χ1v) is 6.93. The zero-order chi connectivity index (χ0) is 12.4. The van der Waals surface area contributed by atoms with E-state index in [9.17, 15) is 4.79 Å². The fourth-order valence-corrected chi connectivity index (χ4v) is 2.96. The number of carbonyl (C=O) groups excluding carboxylic acids is 1. The Morgan fingerprint density at radius 3 is 2.88 bits per heavy atom. The van der Waals surface area contributed by atoms with Gasteiger partial charge in [-0.05, 0) is 24.7 Å². The second-order valence-electron chi connectivity index (χ2n) is 4.94. The zero-order valence-corrected chi connectivity index (χ0v) is 11.1. The molecule has 1 aliphatic rings. The van der Waals surface area contributed by atoms with Gasteiger partial charge in [-0.3, -0.25) is 4.79 Å². The Bertz CT molecular complexity index is 404. The number of thiazole rings is 1. The summed E-state index contributed by atoms with van der Waals surface area (Å²) in [5.74, 6) is 1.33. The van der Waals surface area contributed by atoms with Crippen molar-refractivity contribution in [3.05, 3.63) is 11.1 Å². The molecule has 1 amide bonds. The SMILES string of the molecule is CC1CCC(NC(=O)Cc2csc(N)n2)C1C. The molecule has 0 aromatic carbocycles. The van der Waals surface area contributed by atoms with Crippen LogP contribution in [0, 0.1) is 11.8 Å². The summed E-state index contributed by atoms with van der Waals surface area (Å²) in [6.07, 6.45) is 2.63. The van der Waals surface area contributed by atoms with E-state index in [0.717, 1.165) is 12.1 Å². The number of nitrogens with zero attached hydrogens (tertiary/aromatic N) is 1. The lowest BCUT2D eigenvalue weighted by atomic mass is 9.98. The van der Waals surface area contributed by atoms with Crippen molar-refractivity contribution in [2.75, 3.05) is 5.73 Å². The Morgan fingerprint density at radius 1 is 1.59 bits per heavy atom. The highest BCUT2D eigenvalue weighted by Crippen LogP contribution is 2.31. The molecule has 1 aromatic rings. The number of aromatic nitrogens is 1.